The second-order valence-electron chi connectivity index (χ2n) is 6.23. The lowest BCUT2D eigenvalue weighted by Crippen LogP contribution is -2.49. The molecule has 1 aromatic carbocycles. The number of amides is 1. The highest BCUT2D eigenvalue weighted by Gasteiger charge is 2.35. The summed E-state index contributed by atoms with van der Waals surface area (Å²) in [5.74, 6) is -0.148. The lowest BCUT2D eigenvalue weighted by Gasteiger charge is -2.37. The van der Waals surface area contributed by atoms with Gasteiger partial charge in [-0.05, 0) is 44.5 Å². The number of nitrogens with zero attached hydrogens (tertiary/aromatic N) is 2. The summed E-state index contributed by atoms with van der Waals surface area (Å²) in [5.41, 5.74) is 1.97. The van der Waals surface area contributed by atoms with Gasteiger partial charge in [0.1, 0.15) is 0 Å². The third kappa shape index (κ3) is 3.48. The number of thiocarbonyl (C=S) groups is 1. The van der Waals surface area contributed by atoms with Crippen LogP contribution in [-0.2, 0) is 4.79 Å². The summed E-state index contributed by atoms with van der Waals surface area (Å²) in [6.45, 7) is 4.46. The second-order valence-corrected chi connectivity index (χ2v) is 6.61. The number of hydrogen-bond acceptors (Lipinski definition) is 4. The smallest absolute Gasteiger partial charge is 0.269 e. The number of rotatable bonds is 5. The Kier molecular flexibility index (Phi) is 4.71. The largest absolute Gasteiger partial charge is 0.351 e. The van der Waals surface area contributed by atoms with Crippen LogP contribution in [0.4, 0.5) is 5.69 Å². The van der Waals surface area contributed by atoms with Gasteiger partial charge in [-0.3, -0.25) is 14.9 Å². The van der Waals surface area contributed by atoms with Crippen LogP contribution in [0.15, 0.2) is 35.5 Å². The molecule has 8 heteroatoms. The lowest BCUT2D eigenvalue weighted by molar-refractivity contribution is -0.384. The van der Waals surface area contributed by atoms with Crippen LogP contribution in [0.25, 0.3) is 0 Å². The number of benzene rings is 1. The fourth-order valence-electron chi connectivity index (χ4n) is 3.02. The number of non-ortho nitro benzene ring substituents is 1. The van der Waals surface area contributed by atoms with Crippen molar-refractivity contribution in [3.63, 3.8) is 0 Å². The van der Waals surface area contributed by atoms with E-state index in [0.29, 0.717) is 22.8 Å². The molecule has 1 aliphatic carbocycles. The SMILES string of the molecule is CCN1C(=S)N[C@H](c2cccc([N+](=O)[O-])c2)C(C(=O)NC2CC2)=C1C. The molecule has 1 aromatic rings. The third-order valence-corrected chi connectivity index (χ3v) is 4.82. The molecule has 1 amide bonds. The van der Waals surface area contributed by atoms with E-state index in [1.54, 1.807) is 12.1 Å². The molecule has 1 heterocycles. The van der Waals surface area contributed by atoms with Gasteiger partial charge in [0.25, 0.3) is 11.6 Å². The minimum absolute atomic E-state index is 0.0113. The molecular weight excluding hydrogens is 340 g/mol. The van der Waals surface area contributed by atoms with E-state index in [0.717, 1.165) is 18.5 Å². The minimum atomic E-state index is -0.506. The van der Waals surface area contributed by atoms with E-state index in [1.807, 2.05) is 18.7 Å². The Labute approximate surface area is 151 Å². The van der Waals surface area contributed by atoms with Crippen molar-refractivity contribution in [3.8, 4) is 0 Å². The van der Waals surface area contributed by atoms with Gasteiger partial charge in [0, 0.05) is 30.4 Å². The predicted molar refractivity (Wildman–Crippen MR) is 97.8 cm³/mol. The quantitative estimate of drug-likeness (QED) is 0.476. The van der Waals surface area contributed by atoms with Crippen molar-refractivity contribution >= 4 is 28.9 Å². The Hall–Kier alpha value is -2.48. The van der Waals surface area contributed by atoms with Crippen molar-refractivity contribution in [2.75, 3.05) is 6.54 Å². The highest BCUT2D eigenvalue weighted by molar-refractivity contribution is 7.80. The molecule has 132 valence electrons. The zero-order valence-electron chi connectivity index (χ0n) is 14.1. The molecule has 0 aromatic heterocycles. The van der Waals surface area contributed by atoms with Gasteiger partial charge < -0.3 is 15.5 Å². The highest BCUT2D eigenvalue weighted by atomic mass is 32.1. The fraction of sp³-hybridized carbons (Fsp3) is 0.412. The molecule has 0 unspecified atom stereocenters. The zero-order valence-corrected chi connectivity index (χ0v) is 14.9. The van der Waals surface area contributed by atoms with Crippen LogP contribution in [0.3, 0.4) is 0 Å². The molecule has 2 N–H and O–H groups in total. The van der Waals surface area contributed by atoms with E-state index in [1.165, 1.54) is 12.1 Å². The van der Waals surface area contributed by atoms with Gasteiger partial charge in [-0.1, -0.05) is 12.1 Å². The molecule has 0 saturated heterocycles. The Balaban J connectivity index is 2.04. The maximum Gasteiger partial charge on any atom is 0.269 e. The summed E-state index contributed by atoms with van der Waals surface area (Å²) in [4.78, 5) is 25.3. The Morgan fingerprint density at radius 3 is 2.80 bits per heavy atom. The highest BCUT2D eigenvalue weighted by Crippen LogP contribution is 2.33. The molecule has 1 saturated carbocycles. The molecular formula is C17H20N4O3S. The van der Waals surface area contributed by atoms with E-state index < -0.39 is 11.0 Å². The fourth-order valence-corrected chi connectivity index (χ4v) is 3.40. The van der Waals surface area contributed by atoms with Crippen LogP contribution in [0.2, 0.25) is 0 Å². The van der Waals surface area contributed by atoms with Gasteiger partial charge >= 0.3 is 0 Å². The van der Waals surface area contributed by atoms with Crippen LogP contribution in [-0.4, -0.2) is 33.4 Å². The molecule has 7 nitrogen and oxygen atoms in total. The monoisotopic (exact) mass is 360 g/mol. The first-order valence-corrected chi connectivity index (χ1v) is 8.67. The van der Waals surface area contributed by atoms with Crippen molar-refractivity contribution < 1.29 is 9.72 Å². The Bertz CT molecular complexity index is 773. The standard InChI is InChI=1S/C17H20N4O3S/c1-3-20-10(2)14(16(22)18-12-7-8-12)15(19-17(20)25)11-5-4-6-13(9-11)21(23)24/h4-6,9,12,15H,3,7-8H2,1-2H3,(H,18,22)(H,19,25)/t15-/m1/s1. The molecule has 0 radical (unpaired) electrons. The maximum absolute atomic E-state index is 12.8. The summed E-state index contributed by atoms with van der Waals surface area (Å²) in [6.07, 6.45) is 1.98. The van der Waals surface area contributed by atoms with Gasteiger partial charge in [0.05, 0.1) is 16.5 Å². The lowest BCUT2D eigenvalue weighted by atomic mass is 9.94. The van der Waals surface area contributed by atoms with Crippen molar-refractivity contribution in [2.45, 2.75) is 38.8 Å². The predicted octanol–water partition coefficient (Wildman–Crippen LogP) is 2.40. The molecule has 3 rings (SSSR count). The second kappa shape index (κ2) is 6.79. The van der Waals surface area contributed by atoms with E-state index in [4.69, 9.17) is 12.2 Å². The molecule has 0 spiro atoms. The first kappa shape index (κ1) is 17.3. The maximum atomic E-state index is 12.8. The molecule has 2 aliphatic rings. The molecule has 1 atom stereocenters. The van der Waals surface area contributed by atoms with Crippen LogP contribution in [0.1, 0.15) is 38.3 Å². The van der Waals surface area contributed by atoms with Crippen molar-refractivity contribution in [1.82, 2.24) is 15.5 Å². The first-order valence-electron chi connectivity index (χ1n) is 8.26. The average Bonchev–Trinajstić information content (AvgIpc) is 3.38. The summed E-state index contributed by atoms with van der Waals surface area (Å²) < 4.78 is 0. The zero-order chi connectivity index (χ0) is 18.1. The topological polar surface area (TPSA) is 87.5 Å². The molecule has 0 bridgehead atoms. The Morgan fingerprint density at radius 2 is 2.20 bits per heavy atom. The number of nitro benzene ring substituents is 1. The number of hydrogen-bond donors (Lipinski definition) is 2. The van der Waals surface area contributed by atoms with Gasteiger partial charge in [-0.25, -0.2) is 0 Å². The summed E-state index contributed by atoms with van der Waals surface area (Å²) in [5, 5.41) is 17.8. The van der Waals surface area contributed by atoms with Gasteiger partial charge in [0.2, 0.25) is 0 Å². The van der Waals surface area contributed by atoms with Crippen molar-refractivity contribution in [1.29, 1.82) is 0 Å². The van der Waals surface area contributed by atoms with Crippen LogP contribution in [0.5, 0.6) is 0 Å². The Morgan fingerprint density at radius 1 is 1.48 bits per heavy atom. The average molecular weight is 360 g/mol. The van der Waals surface area contributed by atoms with Gasteiger partial charge in [0.15, 0.2) is 5.11 Å². The molecule has 1 aliphatic heterocycles. The minimum Gasteiger partial charge on any atom is -0.351 e. The van der Waals surface area contributed by atoms with E-state index in [9.17, 15) is 14.9 Å². The van der Waals surface area contributed by atoms with Gasteiger partial charge in [-0.15, -0.1) is 0 Å². The number of nitrogens with one attached hydrogen (secondary N) is 2. The van der Waals surface area contributed by atoms with E-state index >= 15 is 0 Å². The number of nitro groups is 1. The number of allylic oxidation sites excluding steroid dienone is 1. The number of carbonyl (C=O) groups is 1. The number of carbonyl (C=O) groups excluding carboxylic acids is 1. The van der Waals surface area contributed by atoms with Crippen LogP contribution in [0, 0.1) is 10.1 Å². The van der Waals surface area contributed by atoms with E-state index in [-0.39, 0.29) is 17.6 Å². The normalized spacial score (nSPS) is 20.3. The summed E-state index contributed by atoms with van der Waals surface area (Å²) in [6, 6.07) is 6.03. The third-order valence-electron chi connectivity index (χ3n) is 4.48. The summed E-state index contributed by atoms with van der Waals surface area (Å²) >= 11 is 5.42. The van der Waals surface area contributed by atoms with Crippen molar-refractivity contribution in [3.05, 3.63) is 51.2 Å². The molecule has 25 heavy (non-hydrogen) atoms. The van der Waals surface area contributed by atoms with E-state index in [2.05, 4.69) is 10.6 Å². The summed E-state index contributed by atoms with van der Waals surface area (Å²) in [7, 11) is 0. The van der Waals surface area contributed by atoms with Gasteiger partial charge in [-0.2, -0.15) is 0 Å². The van der Waals surface area contributed by atoms with Crippen LogP contribution >= 0.6 is 12.2 Å². The first-order chi connectivity index (χ1) is 11.9. The van der Waals surface area contributed by atoms with Crippen LogP contribution < -0.4 is 10.6 Å². The molecule has 1 fully saturated rings. The van der Waals surface area contributed by atoms with Crippen molar-refractivity contribution in [2.24, 2.45) is 0 Å².